The van der Waals surface area contributed by atoms with Gasteiger partial charge in [0.2, 0.25) is 0 Å². The molecule has 0 saturated carbocycles. The normalized spacial score (nSPS) is 18.9. The molecule has 0 aliphatic carbocycles. The van der Waals surface area contributed by atoms with Gasteiger partial charge in [-0.1, -0.05) is 0 Å². The molecule has 2 unspecified atom stereocenters. The molecule has 1 aromatic heterocycles. The number of halogens is 1. The predicted molar refractivity (Wildman–Crippen MR) is 111 cm³/mol. The fourth-order valence-electron chi connectivity index (χ4n) is 2.89. The van der Waals surface area contributed by atoms with E-state index in [0.29, 0.717) is 5.92 Å². The molecule has 1 aliphatic heterocycles. The standard InChI is InChI=1S/C18H31N3O3.HI/c1-3-23-12-5-9-19-18(20-10-7-17-6-4-13-24-17)21-11-8-16(14-21)15(2)22;/h4,6,13,15-16,22H,3,5,7-12,14H2,1-2H3,(H,19,20);1H. The number of nitrogens with one attached hydrogen (secondary N) is 1. The molecule has 0 bridgehead atoms. The molecule has 2 atom stereocenters. The summed E-state index contributed by atoms with van der Waals surface area (Å²) in [6, 6.07) is 3.89. The largest absolute Gasteiger partial charge is 0.469 e. The van der Waals surface area contributed by atoms with Crippen LogP contribution in [0.2, 0.25) is 0 Å². The first-order chi connectivity index (χ1) is 11.7. The predicted octanol–water partition coefficient (Wildman–Crippen LogP) is 2.52. The SMILES string of the molecule is CCOCCCN=C(NCCc1ccco1)N1CCC(C(C)O)C1.I. The van der Waals surface area contributed by atoms with Crippen LogP contribution in [0.25, 0.3) is 0 Å². The van der Waals surface area contributed by atoms with Crippen molar-refractivity contribution in [2.45, 2.75) is 39.2 Å². The third kappa shape index (κ3) is 7.96. The number of ether oxygens (including phenoxy) is 1. The summed E-state index contributed by atoms with van der Waals surface area (Å²) >= 11 is 0. The Labute approximate surface area is 168 Å². The summed E-state index contributed by atoms with van der Waals surface area (Å²) < 4.78 is 10.7. The van der Waals surface area contributed by atoms with Crippen LogP contribution in [0.1, 0.15) is 32.4 Å². The fraction of sp³-hybridized carbons (Fsp3) is 0.722. The van der Waals surface area contributed by atoms with Crippen LogP contribution < -0.4 is 5.32 Å². The van der Waals surface area contributed by atoms with E-state index >= 15 is 0 Å². The van der Waals surface area contributed by atoms with Gasteiger partial charge in [0.15, 0.2) is 5.96 Å². The molecular weight excluding hydrogens is 433 g/mol. The molecule has 0 spiro atoms. The van der Waals surface area contributed by atoms with Crippen LogP contribution in [-0.2, 0) is 11.2 Å². The van der Waals surface area contributed by atoms with E-state index in [-0.39, 0.29) is 30.1 Å². The summed E-state index contributed by atoms with van der Waals surface area (Å²) in [5, 5.41) is 13.3. The second-order valence-corrected chi connectivity index (χ2v) is 6.25. The lowest BCUT2D eigenvalue weighted by molar-refractivity contribution is 0.132. The van der Waals surface area contributed by atoms with Crippen molar-refractivity contribution in [3.63, 3.8) is 0 Å². The van der Waals surface area contributed by atoms with Crippen molar-refractivity contribution in [3.8, 4) is 0 Å². The number of furan rings is 1. The molecule has 0 radical (unpaired) electrons. The molecule has 1 saturated heterocycles. The molecule has 2 rings (SSSR count). The molecule has 0 amide bonds. The number of hydrogen-bond acceptors (Lipinski definition) is 4. The van der Waals surface area contributed by atoms with Gasteiger partial charge < -0.3 is 24.5 Å². The van der Waals surface area contributed by atoms with E-state index in [9.17, 15) is 5.11 Å². The fourth-order valence-corrected chi connectivity index (χ4v) is 2.89. The van der Waals surface area contributed by atoms with Gasteiger partial charge in [0.1, 0.15) is 5.76 Å². The van der Waals surface area contributed by atoms with Crippen molar-refractivity contribution >= 4 is 29.9 Å². The highest BCUT2D eigenvalue weighted by Crippen LogP contribution is 2.19. The molecular formula is C18H32IN3O3. The molecule has 1 aliphatic rings. The van der Waals surface area contributed by atoms with Gasteiger partial charge in [-0.15, -0.1) is 24.0 Å². The topological polar surface area (TPSA) is 70.2 Å². The van der Waals surface area contributed by atoms with Gasteiger partial charge in [0.25, 0.3) is 0 Å². The zero-order valence-corrected chi connectivity index (χ0v) is 17.6. The third-order valence-electron chi connectivity index (χ3n) is 4.35. The Morgan fingerprint density at radius 2 is 2.40 bits per heavy atom. The van der Waals surface area contributed by atoms with E-state index in [1.807, 2.05) is 26.0 Å². The van der Waals surface area contributed by atoms with Gasteiger partial charge in [0, 0.05) is 51.7 Å². The first-order valence-electron chi connectivity index (χ1n) is 9.02. The van der Waals surface area contributed by atoms with Crippen molar-refractivity contribution < 1.29 is 14.3 Å². The Hall–Kier alpha value is -0.800. The minimum atomic E-state index is -0.266. The smallest absolute Gasteiger partial charge is 0.193 e. The summed E-state index contributed by atoms with van der Waals surface area (Å²) in [4.78, 5) is 6.98. The zero-order valence-electron chi connectivity index (χ0n) is 15.3. The van der Waals surface area contributed by atoms with E-state index < -0.39 is 0 Å². The van der Waals surface area contributed by atoms with Crippen molar-refractivity contribution in [1.29, 1.82) is 0 Å². The second kappa shape index (κ2) is 12.5. The molecule has 2 N–H and O–H groups in total. The van der Waals surface area contributed by atoms with Crippen LogP contribution >= 0.6 is 24.0 Å². The highest BCUT2D eigenvalue weighted by molar-refractivity contribution is 14.0. The minimum absolute atomic E-state index is 0. The number of aliphatic hydroxyl groups is 1. The number of nitrogens with zero attached hydrogens (tertiary/aromatic N) is 2. The van der Waals surface area contributed by atoms with E-state index in [1.165, 1.54) is 0 Å². The summed E-state index contributed by atoms with van der Waals surface area (Å²) in [5.41, 5.74) is 0. The quantitative estimate of drug-likeness (QED) is 0.254. The lowest BCUT2D eigenvalue weighted by atomic mass is 10.0. The van der Waals surface area contributed by atoms with Gasteiger partial charge in [-0.05, 0) is 38.8 Å². The summed E-state index contributed by atoms with van der Waals surface area (Å²) in [6.07, 6.45) is 4.20. The average molecular weight is 465 g/mol. The van der Waals surface area contributed by atoms with Crippen molar-refractivity contribution in [2.24, 2.45) is 10.9 Å². The van der Waals surface area contributed by atoms with Crippen LogP contribution in [0.4, 0.5) is 0 Å². The van der Waals surface area contributed by atoms with Crippen molar-refractivity contribution in [2.75, 3.05) is 39.4 Å². The first-order valence-corrected chi connectivity index (χ1v) is 9.02. The lowest BCUT2D eigenvalue weighted by Crippen LogP contribution is -2.41. The Balaban J connectivity index is 0.00000312. The van der Waals surface area contributed by atoms with Crippen molar-refractivity contribution in [3.05, 3.63) is 24.2 Å². The first kappa shape index (κ1) is 22.2. The lowest BCUT2D eigenvalue weighted by Gasteiger charge is -2.22. The Morgan fingerprint density at radius 1 is 1.56 bits per heavy atom. The molecule has 1 fully saturated rings. The number of likely N-dealkylation sites (tertiary alicyclic amines) is 1. The Bertz CT molecular complexity index is 480. The molecule has 1 aromatic rings. The number of rotatable bonds is 9. The van der Waals surface area contributed by atoms with Crippen LogP contribution in [0.15, 0.2) is 27.8 Å². The number of guanidine groups is 1. The van der Waals surface area contributed by atoms with Gasteiger partial charge >= 0.3 is 0 Å². The number of aliphatic hydroxyl groups excluding tert-OH is 1. The second-order valence-electron chi connectivity index (χ2n) is 6.25. The van der Waals surface area contributed by atoms with Crippen molar-refractivity contribution in [1.82, 2.24) is 10.2 Å². The Morgan fingerprint density at radius 3 is 3.04 bits per heavy atom. The molecule has 6 nitrogen and oxygen atoms in total. The molecule has 7 heteroatoms. The van der Waals surface area contributed by atoms with Gasteiger partial charge in [-0.3, -0.25) is 4.99 Å². The number of aliphatic imine (C=N–C) groups is 1. The highest BCUT2D eigenvalue weighted by atomic mass is 127. The van der Waals surface area contributed by atoms with Crippen LogP contribution in [-0.4, -0.2) is 61.5 Å². The van der Waals surface area contributed by atoms with E-state index in [1.54, 1.807) is 6.26 Å². The van der Waals surface area contributed by atoms with E-state index in [0.717, 1.165) is 70.4 Å². The third-order valence-corrected chi connectivity index (χ3v) is 4.35. The van der Waals surface area contributed by atoms with Gasteiger partial charge in [-0.25, -0.2) is 0 Å². The maximum atomic E-state index is 9.81. The molecule has 144 valence electrons. The van der Waals surface area contributed by atoms with E-state index in [4.69, 9.17) is 14.1 Å². The van der Waals surface area contributed by atoms with Gasteiger partial charge in [-0.2, -0.15) is 0 Å². The average Bonchev–Trinajstić information content (AvgIpc) is 3.24. The van der Waals surface area contributed by atoms with Crippen LogP contribution in [0, 0.1) is 5.92 Å². The maximum absolute atomic E-state index is 9.81. The summed E-state index contributed by atoms with van der Waals surface area (Å²) in [7, 11) is 0. The monoisotopic (exact) mass is 465 g/mol. The minimum Gasteiger partial charge on any atom is -0.469 e. The Kier molecular flexibility index (Phi) is 11.2. The highest BCUT2D eigenvalue weighted by Gasteiger charge is 2.27. The molecule has 25 heavy (non-hydrogen) atoms. The number of hydrogen-bond donors (Lipinski definition) is 2. The van der Waals surface area contributed by atoms with E-state index in [2.05, 4.69) is 10.2 Å². The van der Waals surface area contributed by atoms with Crippen LogP contribution in [0.5, 0.6) is 0 Å². The maximum Gasteiger partial charge on any atom is 0.193 e. The summed E-state index contributed by atoms with van der Waals surface area (Å²) in [6.45, 7) is 8.70. The van der Waals surface area contributed by atoms with Crippen LogP contribution in [0.3, 0.4) is 0 Å². The zero-order chi connectivity index (χ0) is 17.2. The molecule has 2 heterocycles. The van der Waals surface area contributed by atoms with Gasteiger partial charge in [0.05, 0.1) is 12.4 Å². The summed E-state index contributed by atoms with van der Waals surface area (Å²) in [5.74, 6) is 2.23. The molecule has 0 aromatic carbocycles.